The molecule has 1 aliphatic heterocycles. The van der Waals surface area contributed by atoms with Crippen molar-refractivity contribution in [2.75, 3.05) is 16.8 Å². The molecule has 2 N–H and O–H groups in total. The van der Waals surface area contributed by atoms with Gasteiger partial charge in [0.25, 0.3) is 11.8 Å². The number of nitrogens with one attached hydrogen (secondary N) is 1. The largest absolute Gasteiger partial charge is 0.393 e. The lowest BCUT2D eigenvalue weighted by atomic mass is 9.76. The van der Waals surface area contributed by atoms with Crippen LogP contribution in [-0.4, -0.2) is 29.6 Å². The summed E-state index contributed by atoms with van der Waals surface area (Å²) >= 11 is 0. The molecule has 5 heteroatoms. The van der Waals surface area contributed by atoms with Crippen molar-refractivity contribution in [3.8, 4) is 11.1 Å². The Labute approximate surface area is 229 Å². The number of benzene rings is 4. The first-order valence-corrected chi connectivity index (χ1v) is 13.7. The van der Waals surface area contributed by atoms with Gasteiger partial charge in [-0.05, 0) is 78.8 Å². The van der Waals surface area contributed by atoms with E-state index in [-0.39, 0.29) is 23.3 Å². The normalized spacial score (nSPS) is 20.3. The number of aliphatic hydroxyl groups is 1. The van der Waals surface area contributed by atoms with Gasteiger partial charge in [0.05, 0.1) is 6.10 Å². The second-order valence-corrected chi connectivity index (χ2v) is 10.7. The molecule has 196 valence electrons. The number of amides is 2. The van der Waals surface area contributed by atoms with Gasteiger partial charge >= 0.3 is 0 Å². The fourth-order valence-corrected chi connectivity index (χ4v) is 6.28. The van der Waals surface area contributed by atoms with Crippen molar-refractivity contribution in [2.24, 2.45) is 5.41 Å². The summed E-state index contributed by atoms with van der Waals surface area (Å²) in [5, 5.41) is 13.8. The van der Waals surface area contributed by atoms with Crippen LogP contribution in [0.2, 0.25) is 0 Å². The van der Waals surface area contributed by atoms with E-state index >= 15 is 0 Å². The molecule has 0 radical (unpaired) electrons. The SMILES string of the molecule is O=C(Nc1ccc(C(=O)N2CCC3(CCCC3O)Cc3ccccc32)cc1)c1ccccc1-c1ccccc1. The molecule has 1 fully saturated rings. The number of para-hydroxylation sites is 1. The lowest BCUT2D eigenvalue weighted by molar-refractivity contribution is 0.0484. The molecule has 0 aromatic heterocycles. The van der Waals surface area contributed by atoms with Gasteiger partial charge in [0.1, 0.15) is 0 Å². The third-order valence-electron chi connectivity index (χ3n) is 8.41. The van der Waals surface area contributed by atoms with Gasteiger partial charge in [-0.25, -0.2) is 0 Å². The Hall–Kier alpha value is -4.22. The van der Waals surface area contributed by atoms with Crippen molar-refractivity contribution < 1.29 is 14.7 Å². The molecule has 1 aliphatic carbocycles. The van der Waals surface area contributed by atoms with E-state index in [0.717, 1.165) is 54.5 Å². The minimum absolute atomic E-state index is 0.0701. The van der Waals surface area contributed by atoms with Crippen LogP contribution in [0.1, 0.15) is 52.0 Å². The van der Waals surface area contributed by atoms with Gasteiger partial charge in [-0.1, -0.05) is 73.2 Å². The van der Waals surface area contributed by atoms with Gasteiger partial charge in [-0.15, -0.1) is 0 Å². The average molecular weight is 517 g/mol. The summed E-state index contributed by atoms with van der Waals surface area (Å²) in [6.07, 6.45) is 4.11. The summed E-state index contributed by atoms with van der Waals surface area (Å²) in [6.45, 7) is 0.571. The molecule has 39 heavy (non-hydrogen) atoms. The lowest BCUT2D eigenvalue weighted by Gasteiger charge is -2.31. The summed E-state index contributed by atoms with van der Waals surface area (Å²) < 4.78 is 0. The second-order valence-electron chi connectivity index (χ2n) is 10.7. The quantitative estimate of drug-likeness (QED) is 0.316. The third kappa shape index (κ3) is 4.86. The summed E-state index contributed by atoms with van der Waals surface area (Å²) in [6, 6.07) is 32.6. The number of aliphatic hydroxyl groups excluding tert-OH is 1. The number of carbonyl (C=O) groups is 2. The van der Waals surface area contributed by atoms with Crippen LogP contribution in [-0.2, 0) is 6.42 Å². The van der Waals surface area contributed by atoms with E-state index in [0.29, 0.717) is 23.4 Å². The number of rotatable bonds is 4. The van der Waals surface area contributed by atoms with Crippen molar-refractivity contribution in [3.63, 3.8) is 0 Å². The van der Waals surface area contributed by atoms with Crippen LogP contribution >= 0.6 is 0 Å². The molecule has 1 heterocycles. The number of anilines is 2. The van der Waals surface area contributed by atoms with Crippen molar-refractivity contribution >= 4 is 23.2 Å². The van der Waals surface area contributed by atoms with Crippen molar-refractivity contribution in [2.45, 2.75) is 38.2 Å². The molecular weight excluding hydrogens is 484 g/mol. The number of hydrogen-bond acceptors (Lipinski definition) is 3. The molecule has 0 bridgehead atoms. The molecule has 4 aromatic rings. The number of fused-ring (bicyclic) bond motifs is 1. The van der Waals surface area contributed by atoms with Crippen molar-refractivity contribution in [1.29, 1.82) is 0 Å². The smallest absolute Gasteiger partial charge is 0.258 e. The zero-order valence-electron chi connectivity index (χ0n) is 21.8. The fraction of sp³-hybridized carbons (Fsp3) is 0.235. The zero-order valence-corrected chi connectivity index (χ0v) is 21.8. The minimum atomic E-state index is -0.324. The highest BCUT2D eigenvalue weighted by Gasteiger charge is 2.44. The molecular formula is C34H32N2O3. The van der Waals surface area contributed by atoms with E-state index in [9.17, 15) is 14.7 Å². The van der Waals surface area contributed by atoms with Crippen LogP contribution in [0.4, 0.5) is 11.4 Å². The highest BCUT2D eigenvalue weighted by Crippen LogP contribution is 2.47. The Morgan fingerprint density at radius 1 is 0.821 bits per heavy atom. The van der Waals surface area contributed by atoms with E-state index in [2.05, 4.69) is 11.4 Å². The summed E-state index contributed by atoms with van der Waals surface area (Å²) in [5.74, 6) is -0.269. The summed E-state index contributed by atoms with van der Waals surface area (Å²) in [5.41, 5.74) is 5.52. The molecule has 2 atom stereocenters. The van der Waals surface area contributed by atoms with Crippen LogP contribution in [0.25, 0.3) is 11.1 Å². The first-order valence-electron chi connectivity index (χ1n) is 13.7. The van der Waals surface area contributed by atoms with Gasteiger partial charge in [-0.3, -0.25) is 9.59 Å². The van der Waals surface area contributed by atoms with Gasteiger partial charge < -0.3 is 15.3 Å². The Morgan fingerprint density at radius 3 is 2.31 bits per heavy atom. The van der Waals surface area contributed by atoms with Crippen LogP contribution < -0.4 is 10.2 Å². The van der Waals surface area contributed by atoms with E-state index in [1.807, 2.05) is 77.7 Å². The van der Waals surface area contributed by atoms with Crippen LogP contribution in [0, 0.1) is 5.41 Å². The van der Waals surface area contributed by atoms with Gasteiger partial charge in [0.2, 0.25) is 0 Å². The molecule has 2 amide bonds. The van der Waals surface area contributed by atoms with Crippen LogP contribution in [0.3, 0.4) is 0 Å². The van der Waals surface area contributed by atoms with Gasteiger partial charge in [0, 0.05) is 34.5 Å². The maximum Gasteiger partial charge on any atom is 0.258 e. The van der Waals surface area contributed by atoms with Crippen molar-refractivity contribution in [1.82, 2.24) is 0 Å². The summed E-state index contributed by atoms with van der Waals surface area (Å²) in [7, 11) is 0. The fourth-order valence-electron chi connectivity index (χ4n) is 6.28. The highest BCUT2D eigenvalue weighted by atomic mass is 16.3. The molecule has 1 spiro atoms. The Kier molecular flexibility index (Phi) is 6.76. The third-order valence-corrected chi connectivity index (χ3v) is 8.41. The van der Waals surface area contributed by atoms with E-state index < -0.39 is 0 Å². The number of carbonyl (C=O) groups excluding carboxylic acids is 2. The molecule has 5 nitrogen and oxygen atoms in total. The topological polar surface area (TPSA) is 69.6 Å². The second kappa shape index (κ2) is 10.5. The molecule has 4 aromatic carbocycles. The maximum atomic E-state index is 13.7. The van der Waals surface area contributed by atoms with E-state index in [1.54, 1.807) is 24.3 Å². The Morgan fingerprint density at radius 2 is 1.54 bits per heavy atom. The monoisotopic (exact) mass is 516 g/mol. The number of hydrogen-bond donors (Lipinski definition) is 2. The first-order chi connectivity index (χ1) is 19.0. The predicted molar refractivity (Wildman–Crippen MR) is 155 cm³/mol. The Balaban J connectivity index is 1.21. The van der Waals surface area contributed by atoms with Gasteiger partial charge in [-0.2, -0.15) is 0 Å². The zero-order chi connectivity index (χ0) is 26.8. The molecule has 2 aliphatic rings. The molecule has 0 saturated heterocycles. The van der Waals surface area contributed by atoms with Crippen LogP contribution in [0.5, 0.6) is 0 Å². The van der Waals surface area contributed by atoms with Crippen LogP contribution in [0.15, 0.2) is 103 Å². The standard InChI is InChI=1S/C34H32N2O3/c37-31-15-8-20-34(31)21-22-36(30-14-7-4-11-26(30)23-34)33(39)25-16-18-27(19-17-25)35-32(38)29-13-6-5-12-28(29)24-9-2-1-3-10-24/h1-7,9-14,16-19,31,37H,8,15,20-23H2,(H,35,38). The first kappa shape index (κ1) is 25.1. The maximum absolute atomic E-state index is 13.7. The Bertz CT molecular complexity index is 1500. The van der Waals surface area contributed by atoms with E-state index in [4.69, 9.17) is 0 Å². The number of nitrogens with zero attached hydrogens (tertiary/aromatic N) is 1. The molecule has 6 rings (SSSR count). The minimum Gasteiger partial charge on any atom is -0.393 e. The van der Waals surface area contributed by atoms with Crippen molar-refractivity contribution in [3.05, 3.63) is 120 Å². The van der Waals surface area contributed by atoms with E-state index in [1.165, 1.54) is 0 Å². The average Bonchev–Trinajstić information content (AvgIpc) is 3.23. The summed E-state index contributed by atoms with van der Waals surface area (Å²) in [4.78, 5) is 28.8. The molecule has 2 unspecified atom stereocenters. The highest BCUT2D eigenvalue weighted by molar-refractivity contribution is 6.09. The lowest BCUT2D eigenvalue weighted by Crippen LogP contribution is -2.36. The predicted octanol–water partition coefficient (Wildman–Crippen LogP) is 6.73. The van der Waals surface area contributed by atoms with Gasteiger partial charge in [0.15, 0.2) is 0 Å². The molecule has 1 saturated carbocycles.